The summed E-state index contributed by atoms with van der Waals surface area (Å²) in [6.07, 6.45) is 0.343. The van der Waals surface area contributed by atoms with Gasteiger partial charge in [0, 0.05) is 6.54 Å². The number of hydrogen-bond donors (Lipinski definition) is 3. The summed E-state index contributed by atoms with van der Waals surface area (Å²) in [6.45, 7) is 0.106. The van der Waals surface area contributed by atoms with Crippen molar-refractivity contribution in [1.29, 1.82) is 0 Å². The molecule has 4 N–H and O–H groups in total. The Bertz CT molecular complexity index is 914. The monoisotopic (exact) mass is 393 g/mol. The first-order chi connectivity index (χ1) is 12.8. The summed E-state index contributed by atoms with van der Waals surface area (Å²) in [5, 5.41) is 10.1. The van der Waals surface area contributed by atoms with Crippen LogP contribution in [0.1, 0.15) is 11.1 Å². The molecular weight excluding hydrogens is 373 g/mol. The van der Waals surface area contributed by atoms with Crippen LogP contribution in [0.4, 0.5) is 4.39 Å². The van der Waals surface area contributed by atoms with Crippen LogP contribution < -0.4 is 15.8 Å². The van der Waals surface area contributed by atoms with E-state index in [9.17, 15) is 22.4 Å². The zero-order valence-electron chi connectivity index (χ0n) is 14.4. The molecule has 0 aromatic heterocycles. The van der Waals surface area contributed by atoms with Crippen molar-refractivity contribution in [3.8, 4) is 0 Å². The maximum absolute atomic E-state index is 13.5. The number of rotatable bonds is 8. The summed E-state index contributed by atoms with van der Waals surface area (Å²) < 4.78 is 35.8. The van der Waals surface area contributed by atoms with Gasteiger partial charge in [0.05, 0.1) is 17.9 Å². The number of primary sulfonamides is 1. The number of nitrogens with one attached hydrogen (secondary N) is 2. The Morgan fingerprint density at radius 1 is 0.963 bits per heavy atom. The van der Waals surface area contributed by atoms with Gasteiger partial charge in [0.1, 0.15) is 5.82 Å². The van der Waals surface area contributed by atoms with Gasteiger partial charge in [-0.3, -0.25) is 9.59 Å². The smallest absolute Gasteiger partial charge is 0.239 e. The third kappa shape index (κ3) is 6.80. The Hall–Kier alpha value is -2.78. The molecule has 2 aromatic carbocycles. The van der Waals surface area contributed by atoms with Gasteiger partial charge < -0.3 is 10.6 Å². The van der Waals surface area contributed by atoms with Crippen LogP contribution in [0.5, 0.6) is 0 Å². The van der Waals surface area contributed by atoms with Crippen molar-refractivity contribution in [3.05, 3.63) is 65.5 Å². The third-order valence-corrected chi connectivity index (χ3v) is 4.67. The lowest BCUT2D eigenvalue weighted by molar-refractivity contribution is -0.125. The maximum Gasteiger partial charge on any atom is 0.239 e. The molecule has 7 nitrogen and oxygen atoms in total. The zero-order valence-corrected chi connectivity index (χ0v) is 15.3. The third-order valence-electron chi connectivity index (χ3n) is 3.74. The fourth-order valence-corrected chi connectivity index (χ4v) is 2.83. The minimum Gasteiger partial charge on any atom is -0.354 e. The van der Waals surface area contributed by atoms with Crippen molar-refractivity contribution in [2.45, 2.75) is 17.7 Å². The normalized spacial score (nSPS) is 11.0. The molecule has 0 aliphatic carbocycles. The highest BCUT2D eigenvalue weighted by Gasteiger charge is 2.10. The van der Waals surface area contributed by atoms with Crippen molar-refractivity contribution in [2.75, 3.05) is 13.1 Å². The predicted octanol–water partition coefficient (Wildman–Crippen LogP) is 0.491. The highest BCUT2D eigenvalue weighted by atomic mass is 32.2. The van der Waals surface area contributed by atoms with Crippen LogP contribution >= 0.6 is 0 Å². The number of nitrogens with two attached hydrogens (primary N) is 1. The second-order valence-electron chi connectivity index (χ2n) is 5.83. The Morgan fingerprint density at radius 2 is 1.63 bits per heavy atom. The van der Waals surface area contributed by atoms with Crippen molar-refractivity contribution >= 4 is 21.8 Å². The number of halogens is 1. The first kappa shape index (κ1) is 20.5. The van der Waals surface area contributed by atoms with Crippen LogP contribution in [0.15, 0.2) is 53.4 Å². The van der Waals surface area contributed by atoms with Gasteiger partial charge in [0.2, 0.25) is 21.8 Å². The van der Waals surface area contributed by atoms with Crippen molar-refractivity contribution in [2.24, 2.45) is 5.14 Å². The molecule has 0 saturated heterocycles. The summed E-state index contributed by atoms with van der Waals surface area (Å²) in [4.78, 5) is 23.5. The highest BCUT2D eigenvalue weighted by Crippen LogP contribution is 2.09. The average molecular weight is 393 g/mol. The Kier molecular flexibility index (Phi) is 7.03. The quantitative estimate of drug-likeness (QED) is 0.605. The van der Waals surface area contributed by atoms with E-state index in [0.717, 1.165) is 5.56 Å². The summed E-state index contributed by atoms with van der Waals surface area (Å²) >= 11 is 0. The molecule has 0 spiro atoms. The lowest BCUT2D eigenvalue weighted by Gasteiger charge is -2.08. The number of hydrogen-bond acceptors (Lipinski definition) is 4. The number of amides is 2. The van der Waals surface area contributed by atoms with E-state index >= 15 is 0 Å². The van der Waals surface area contributed by atoms with E-state index < -0.39 is 21.7 Å². The van der Waals surface area contributed by atoms with Gasteiger partial charge in [0.15, 0.2) is 0 Å². The topological polar surface area (TPSA) is 118 Å². The second-order valence-corrected chi connectivity index (χ2v) is 7.40. The van der Waals surface area contributed by atoms with E-state index in [4.69, 9.17) is 5.14 Å². The Balaban J connectivity index is 1.70. The van der Waals surface area contributed by atoms with Gasteiger partial charge in [-0.15, -0.1) is 0 Å². The Morgan fingerprint density at radius 3 is 2.26 bits per heavy atom. The molecule has 0 aliphatic rings. The van der Waals surface area contributed by atoms with E-state index in [1.165, 1.54) is 30.3 Å². The van der Waals surface area contributed by atoms with Crippen molar-refractivity contribution in [3.63, 3.8) is 0 Å². The molecular formula is C18H20FN3O4S. The van der Waals surface area contributed by atoms with E-state index in [2.05, 4.69) is 10.6 Å². The number of benzene rings is 2. The molecule has 2 rings (SSSR count). The number of sulfonamides is 1. The van der Waals surface area contributed by atoms with Crippen LogP contribution in [-0.4, -0.2) is 33.3 Å². The summed E-state index contributed by atoms with van der Waals surface area (Å²) in [7, 11) is -3.73. The van der Waals surface area contributed by atoms with E-state index in [-0.39, 0.29) is 29.3 Å². The lowest BCUT2D eigenvalue weighted by Crippen LogP contribution is -2.38. The highest BCUT2D eigenvalue weighted by molar-refractivity contribution is 7.89. The molecule has 0 fully saturated rings. The molecule has 2 aromatic rings. The molecule has 0 atom stereocenters. The standard InChI is InChI=1S/C18H20FN3O4S/c19-16-4-2-1-3-14(16)11-17(23)22-12-18(24)21-10-9-13-5-7-15(8-6-13)27(20,25)26/h1-8H,9-12H2,(H,21,24)(H,22,23)(H2,20,25,26). The SMILES string of the molecule is NS(=O)(=O)c1ccc(CCNC(=O)CNC(=O)Cc2ccccc2F)cc1. The molecule has 0 bridgehead atoms. The molecule has 0 aliphatic heterocycles. The molecule has 144 valence electrons. The molecule has 0 unspecified atom stereocenters. The van der Waals surface area contributed by atoms with Crippen molar-refractivity contribution < 1.29 is 22.4 Å². The molecule has 9 heteroatoms. The predicted molar refractivity (Wildman–Crippen MR) is 97.6 cm³/mol. The molecule has 0 radical (unpaired) electrons. The van der Waals surface area contributed by atoms with E-state index in [1.807, 2.05) is 0 Å². The summed E-state index contributed by atoms with van der Waals surface area (Å²) in [5.74, 6) is -1.29. The van der Waals surface area contributed by atoms with Crippen LogP contribution in [0.3, 0.4) is 0 Å². The van der Waals surface area contributed by atoms with Crippen molar-refractivity contribution in [1.82, 2.24) is 10.6 Å². The zero-order chi connectivity index (χ0) is 19.9. The van der Waals surface area contributed by atoms with Gasteiger partial charge in [-0.05, 0) is 35.7 Å². The lowest BCUT2D eigenvalue weighted by atomic mass is 10.1. The van der Waals surface area contributed by atoms with Gasteiger partial charge in [0.25, 0.3) is 0 Å². The largest absolute Gasteiger partial charge is 0.354 e. The molecule has 0 heterocycles. The Labute approximate surface area is 156 Å². The second kappa shape index (κ2) is 9.24. The first-order valence-electron chi connectivity index (χ1n) is 8.14. The van der Waals surface area contributed by atoms with Gasteiger partial charge in [-0.2, -0.15) is 0 Å². The molecule has 2 amide bonds. The summed E-state index contributed by atoms with van der Waals surface area (Å²) in [6, 6.07) is 12.0. The maximum atomic E-state index is 13.5. The van der Waals surface area contributed by atoms with Crippen LogP contribution in [0.2, 0.25) is 0 Å². The number of carbonyl (C=O) groups is 2. The van der Waals surface area contributed by atoms with Gasteiger partial charge >= 0.3 is 0 Å². The van der Waals surface area contributed by atoms with E-state index in [0.29, 0.717) is 13.0 Å². The summed E-state index contributed by atoms with van der Waals surface area (Å²) in [5.41, 5.74) is 1.09. The van der Waals surface area contributed by atoms with Crippen LogP contribution in [-0.2, 0) is 32.5 Å². The minimum absolute atomic E-state index is 0.0212. The van der Waals surface area contributed by atoms with E-state index in [1.54, 1.807) is 18.2 Å². The van der Waals surface area contributed by atoms with Crippen LogP contribution in [0.25, 0.3) is 0 Å². The molecule has 0 saturated carbocycles. The fraction of sp³-hybridized carbons (Fsp3) is 0.222. The van der Waals surface area contributed by atoms with Gasteiger partial charge in [-0.25, -0.2) is 17.9 Å². The van der Waals surface area contributed by atoms with Crippen LogP contribution in [0, 0.1) is 5.82 Å². The van der Waals surface area contributed by atoms with Gasteiger partial charge in [-0.1, -0.05) is 30.3 Å². The minimum atomic E-state index is -3.73. The fourth-order valence-electron chi connectivity index (χ4n) is 2.31. The average Bonchev–Trinajstić information content (AvgIpc) is 2.62. The molecule has 27 heavy (non-hydrogen) atoms. The number of carbonyl (C=O) groups excluding carboxylic acids is 2. The first-order valence-corrected chi connectivity index (χ1v) is 9.69.